The van der Waals surface area contributed by atoms with Gasteiger partial charge in [0.15, 0.2) is 0 Å². The number of carbonyl (C=O) groups excluding carboxylic acids is 1. The molecule has 3 aromatic rings. The summed E-state index contributed by atoms with van der Waals surface area (Å²) < 4.78 is 45.4. The normalized spacial score (nSPS) is 13.5. The van der Waals surface area contributed by atoms with Crippen LogP contribution in [0.2, 0.25) is 0 Å². The van der Waals surface area contributed by atoms with E-state index in [1.165, 1.54) is 0 Å². The predicted octanol–water partition coefficient (Wildman–Crippen LogP) is 6.22. The fraction of sp³-hybridized carbons (Fsp3) is 0.440. The number of ether oxygens (including phenoxy) is 1. The van der Waals surface area contributed by atoms with Crippen LogP contribution in [0.5, 0.6) is 5.75 Å². The van der Waals surface area contributed by atoms with Crippen molar-refractivity contribution in [3.63, 3.8) is 0 Å². The van der Waals surface area contributed by atoms with E-state index in [0.29, 0.717) is 18.7 Å². The van der Waals surface area contributed by atoms with Gasteiger partial charge in [-0.3, -0.25) is 0 Å². The molecule has 9 heteroatoms. The second-order valence-corrected chi connectivity index (χ2v) is 8.24. The number of alkyl halides is 3. The van der Waals surface area contributed by atoms with E-state index < -0.39 is 18.6 Å². The van der Waals surface area contributed by atoms with Gasteiger partial charge in [-0.2, -0.15) is 13.2 Å². The molecule has 2 unspecified atom stereocenters. The summed E-state index contributed by atoms with van der Waals surface area (Å²) >= 11 is 0. The molecule has 0 spiro atoms. The predicted molar refractivity (Wildman–Crippen MR) is 126 cm³/mol. The van der Waals surface area contributed by atoms with Crippen LogP contribution in [0.4, 0.5) is 18.0 Å². The van der Waals surface area contributed by atoms with Gasteiger partial charge in [-0.25, -0.2) is 9.78 Å². The number of methoxy groups -OCH3 is 1. The minimum Gasteiger partial charge on any atom is -0.496 e. The molecule has 2 amide bonds. The number of pyridine rings is 1. The number of carbonyl (C=O) groups is 1. The number of imidazole rings is 1. The van der Waals surface area contributed by atoms with Crippen molar-refractivity contribution in [2.24, 2.45) is 0 Å². The van der Waals surface area contributed by atoms with E-state index in [1.807, 2.05) is 61.0 Å². The zero-order chi connectivity index (χ0) is 24.9. The fourth-order valence-corrected chi connectivity index (χ4v) is 4.04. The van der Waals surface area contributed by atoms with Crippen LogP contribution in [0.3, 0.4) is 0 Å². The highest BCUT2D eigenvalue weighted by molar-refractivity contribution is 5.76. The lowest BCUT2D eigenvalue weighted by Gasteiger charge is -2.31. The van der Waals surface area contributed by atoms with Crippen LogP contribution in [0, 0.1) is 0 Å². The maximum Gasteiger partial charge on any atom is 0.389 e. The molecule has 0 aliphatic carbocycles. The Morgan fingerprint density at radius 3 is 2.68 bits per heavy atom. The van der Waals surface area contributed by atoms with Crippen molar-refractivity contribution < 1.29 is 22.7 Å². The molecule has 184 valence electrons. The zero-order valence-corrected chi connectivity index (χ0v) is 19.9. The summed E-state index contributed by atoms with van der Waals surface area (Å²) in [4.78, 5) is 18.9. The largest absolute Gasteiger partial charge is 0.496 e. The first-order valence-electron chi connectivity index (χ1n) is 11.4. The molecule has 1 aromatic carbocycles. The van der Waals surface area contributed by atoms with E-state index in [-0.39, 0.29) is 18.5 Å². The van der Waals surface area contributed by atoms with Gasteiger partial charge in [0.25, 0.3) is 0 Å². The minimum atomic E-state index is -4.24. The number of urea groups is 1. The van der Waals surface area contributed by atoms with Gasteiger partial charge in [-0.15, -0.1) is 0 Å². The lowest BCUT2D eigenvalue weighted by Crippen LogP contribution is -2.45. The summed E-state index contributed by atoms with van der Waals surface area (Å²) in [6.45, 7) is 5.95. The summed E-state index contributed by atoms with van der Waals surface area (Å²) in [7, 11) is 1.61. The number of nitrogens with one attached hydrogen (secondary N) is 1. The topological polar surface area (TPSA) is 58.9 Å². The van der Waals surface area contributed by atoms with Crippen molar-refractivity contribution in [1.29, 1.82) is 0 Å². The van der Waals surface area contributed by atoms with Crippen LogP contribution in [0.15, 0.2) is 48.9 Å². The molecule has 0 fully saturated rings. The van der Waals surface area contributed by atoms with Gasteiger partial charge in [0.05, 0.1) is 13.2 Å². The smallest absolute Gasteiger partial charge is 0.389 e. The van der Waals surface area contributed by atoms with Crippen LogP contribution in [-0.2, 0) is 0 Å². The number of amides is 2. The van der Waals surface area contributed by atoms with Gasteiger partial charge < -0.3 is 19.4 Å². The Bertz CT molecular complexity index is 1110. The second kappa shape index (κ2) is 10.8. The number of hydrogen-bond donors (Lipinski definition) is 1. The molecule has 0 bridgehead atoms. The van der Waals surface area contributed by atoms with Gasteiger partial charge in [0.1, 0.15) is 11.4 Å². The molecule has 34 heavy (non-hydrogen) atoms. The quantitative estimate of drug-likeness (QED) is 0.399. The summed E-state index contributed by atoms with van der Waals surface area (Å²) in [6, 6.07) is 8.51. The van der Waals surface area contributed by atoms with E-state index >= 15 is 0 Å². The highest BCUT2D eigenvalue weighted by atomic mass is 19.4. The molecule has 0 aliphatic heterocycles. The van der Waals surface area contributed by atoms with Crippen LogP contribution in [0.1, 0.15) is 51.6 Å². The van der Waals surface area contributed by atoms with Crippen LogP contribution >= 0.6 is 0 Å². The average molecular weight is 477 g/mol. The highest BCUT2D eigenvalue weighted by Crippen LogP contribution is 2.33. The first-order chi connectivity index (χ1) is 16.2. The number of nitrogens with zero attached hydrogens (tertiary/aromatic N) is 3. The van der Waals surface area contributed by atoms with Crippen LogP contribution in [0.25, 0.3) is 16.8 Å². The lowest BCUT2D eigenvalue weighted by molar-refractivity contribution is -0.136. The van der Waals surface area contributed by atoms with Gasteiger partial charge in [-0.05, 0) is 43.9 Å². The third kappa shape index (κ3) is 6.01. The molecule has 3 rings (SSSR count). The fourth-order valence-electron chi connectivity index (χ4n) is 4.04. The maximum atomic E-state index is 13.0. The molecule has 2 heterocycles. The van der Waals surface area contributed by atoms with Crippen molar-refractivity contribution in [1.82, 2.24) is 19.6 Å². The van der Waals surface area contributed by atoms with Gasteiger partial charge in [-0.1, -0.05) is 25.1 Å². The number of rotatable bonds is 9. The van der Waals surface area contributed by atoms with Gasteiger partial charge >= 0.3 is 12.2 Å². The molecule has 0 saturated heterocycles. The Morgan fingerprint density at radius 2 is 2.03 bits per heavy atom. The first kappa shape index (κ1) is 25.4. The third-order valence-electron chi connectivity index (χ3n) is 6.06. The molecular weight excluding hydrogens is 445 g/mol. The van der Waals surface area contributed by atoms with Crippen molar-refractivity contribution >= 4 is 11.7 Å². The molecular formula is C25H31F3N4O2. The lowest BCUT2D eigenvalue weighted by atomic mass is 9.99. The third-order valence-corrected chi connectivity index (χ3v) is 6.06. The van der Waals surface area contributed by atoms with Crippen molar-refractivity contribution in [2.45, 2.75) is 58.3 Å². The van der Waals surface area contributed by atoms with E-state index in [9.17, 15) is 18.0 Å². The first-order valence-corrected chi connectivity index (χ1v) is 11.4. The molecule has 2 aromatic heterocycles. The Kier molecular flexibility index (Phi) is 8.06. The Balaban J connectivity index is 1.81. The SMILES string of the molecule is CCC(CCC(F)(F)F)NC(=O)N(CC)C(C)c1cccc(-c2cn3ccnc3cc2OC)c1. The average Bonchev–Trinajstić information content (AvgIpc) is 3.28. The van der Waals surface area contributed by atoms with E-state index in [4.69, 9.17) is 4.74 Å². The number of fused-ring (bicyclic) bond motifs is 1. The summed E-state index contributed by atoms with van der Waals surface area (Å²) in [5.74, 6) is 0.684. The highest BCUT2D eigenvalue weighted by Gasteiger charge is 2.29. The van der Waals surface area contributed by atoms with Crippen molar-refractivity contribution in [3.05, 3.63) is 54.5 Å². The summed E-state index contributed by atoms with van der Waals surface area (Å²) in [5.41, 5.74) is 3.48. The van der Waals surface area contributed by atoms with Crippen molar-refractivity contribution in [2.75, 3.05) is 13.7 Å². The standard InChI is InChI=1S/C25H31F3N4O2/c1-5-20(10-11-25(26,27)28)30-24(33)32(6-2)17(3)18-8-7-9-19(14-18)21-16-31-13-12-29-23(31)15-22(21)34-4/h7-9,12-17,20H,5-6,10-11H2,1-4H3,(H,30,33). The number of halogens is 3. The van der Waals surface area contributed by atoms with Gasteiger partial charge in [0, 0.05) is 49.2 Å². The number of aromatic nitrogens is 2. The number of benzene rings is 1. The monoisotopic (exact) mass is 476 g/mol. The molecule has 2 atom stereocenters. The molecule has 0 saturated carbocycles. The number of hydrogen-bond acceptors (Lipinski definition) is 3. The Morgan fingerprint density at radius 1 is 1.26 bits per heavy atom. The molecule has 1 N–H and O–H groups in total. The maximum absolute atomic E-state index is 13.0. The van der Waals surface area contributed by atoms with Crippen LogP contribution in [-0.4, -0.2) is 46.2 Å². The van der Waals surface area contributed by atoms with Crippen LogP contribution < -0.4 is 10.1 Å². The van der Waals surface area contributed by atoms with E-state index in [0.717, 1.165) is 22.3 Å². The van der Waals surface area contributed by atoms with Gasteiger partial charge in [0.2, 0.25) is 0 Å². The van der Waals surface area contributed by atoms with Crippen molar-refractivity contribution in [3.8, 4) is 16.9 Å². The molecule has 6 nitrogen and oxygen atoms in total. The second-order valence-electron chi connectivity index (χ2n) is 8.24. The van der Waals surface area contributed by atoms with E-state index in [1.54, 1.807) is 25.1 Å². The zero-order valence-electron chi connectivity index (χ0n) is 19.9. The molecule has 0 radical (unpaired) electrons. The minimum absolute atomic E-state index is 0.135. The Hall–Kier alpha value is -3.23. The van der Waals surface area contributed by atoms with E-state index in [2.05, 4.69) is 10.3 Å². The molecule has 0 aliphatic rings. The summed E-state index contributed by atoms with van der Waals surface area (Å²) in [6.07, 6.45) is 0.658. The Labute approximate surface area is 197 Å². The summed E-state index contributed by atoms with van der Waals surface area (Å²) in [5, 5.41) is 2.78.